The maximum absolute atomic E-state index is 11.5. The summed E-state index contributed by atoms with van der Waals surface area (Å²) in [6.45, 7) is 7.08. The highest BCUT2D eigenvalue weighted by Crippen LogP contribution is 2.27. The lowest BCUT2D eigenvalue weighted by Crippen LogP contribution is -2.60. The summed E-state index contributed by atoms with van der Waals surface area (Å²) in [6.07, 6.45) is 1.04. The van der Waals surface area contributed by atoms with Gasteiger partial charge in [0.15, 0.2) is 0 Å². The van der Waals surface area contributed by atoms with Crippen molar-refractivity contribution in [2.45, 2.75) is 51.8 Å². The van der Waals surface area contributed by atoms with Crippen LogP contribution in [0.5, 0.6) is 0 Å². The van der Waals surface area contributed by atoms with Crippen LogP contribution in [-0.4, -0.2) is 33.6 Å². The second-order valence-corrected chi connectivity index (χ2v) is 4.21. The van der Waals surface area contributed by atoms with Crippen molar-refractivity contribution in [3.8, 4) is 0 Å². The van der Waals surface area contributed by atoms with Gasteiger partial charge in [0.2, 0.25) is 0 Å². The summed E-state index contributed by atoms with van der Waals surface area (Å²) in [5, 5.41) is 9.47. The molecule has 0 saturated carbocycles. The van der Waals surface area contributed by atoms with Crippen LogP contribution in [0.2, 0.25) is 0 Å². The molecule has 70 valence electrons. The standard InChI is InChI=1S/C9H17NO2/c1-6-5-7(2)10(6)8(11)9(3,4)12/h6-7,12H,5H2,1-4H3. The number of carbonyl (C=O) groups is 1. The lowest BCUT2D eigenvalue weighted by atomic mass is 9.92. The molecule has 3 nitrogen and oxygen atoms in total. The Balaban J connectivity index is 2.65. The molecule has 0 spiro atoms. The third kappa shape index (κ3) is 1.46. The molecule has 1 saturated heterocycles. The van der Waals surface area contributed by atoms with E-state index in [9.17, 15) is 9.90 Å². The van der Waals surface area contributed by atoms with Crippen LogP contribution in [0.25, 0.3) is 0 Å². The molecule has 2 unspecified atom stereocenters. The smallest absolute Gasteiger partial charge is 0.254 e. The Kier molecular flexibility index (Phi) is 2.17. The third-order valence-corrected chi connectivity index (χ3v) is 2.39. The van der Waals surface area contributed by atoms with Gasteiger partial charge in [-0.15, -0.1) is 0 Å². The van der Waals surface area contributed by atoms with E-state index in [1.165, 1.54) is 13.8 Å². The average molecular weight is 171 g/mol. The van der Waals surface area contributed by atoms with Crippen molar-refractivity contribution in [2.24, 2.45) is 0 Å². The van der Waals surface area contributed by atoms with Crippen molar-refractivity contribution in [2.75, 3.05) is 0 Å². The van der Waals surface area contributed by atoms with Crippen LogP contribution in [0.4, 0.5) is 0 Å². The van der Waals surface area contributed by atoms with Crippen molar-refractivity contribution in [3.63, 3.8) is 0 Å². The van der Waals surface area contributed by atoms with E-state index < -0.39 is 5.60 Å². The van der Waals surface area contributed by atoms with Crippen LogP contribution in [0.15, 0.2) is 0 Å². The van der Waals surface area contributed by atoms with Crippen LogP contribution >= 0.6 is 0 Å². The van der Waals surface area contributed by atoms with Gasteiger partial charge in [-0.3, -0.25) is 4.79 Å². The van der Waals surface area contributed by atoms with Gasteiger partial charge in [-0.05, 0) is 34.1 Å². The molecule has 0 aliphatic carbocycles. The highest BCUT2D eigenvalue weighted by molar-refractivity contribution is 5.85. The van der Waals surface area contributed by atoms with Gasteiger partial charge in [-0.2, -0.15) is 0 Å². The Morgan fingerprint density at radius 2 is 1.83 bits per heavy atom. The van der Waals surface area contributed by atoms with Gasteiger partial charge in [0.05, 0.1) is 0 Å². The van der Waals surface area contributed by atoms with Crippen molar-refractivity contribution in [1.82, 2.24) is 4.90 Å². The number of aliphatic hydroxyl groups is 1. The molecule has 1 amide bonds. The minimum atomic E-state index is -1.22. The largest absolute Gasteiger partial charge is 0.381 e. The highest BCUT2D eigenvalue weighted by atomic mass is 16.3. The van der Waals surface area contributed by atoms with Gasteiger partial charge in [0, 0.05) is 12.1 Å². The number of likely N-dealkylation sites (tertiary alicyclic amines) is 1. The van der Waals surface area contributed by atoms with E-state index in [1.54, 1.807) is 4.90 Å². The first-order valence-corrected chi connectivity index (χ1v) is 4.39. The number of carbonyl (C=O) groups excluding carboxylic acids is 1. The van der Waals surface area contributed by atoms with E-state index in [0.29, 0.717) is 12.1 Å². The molecule has 1 fully saturated rings. The Labute approximate surface area is 73.4 Å². The molecule has 3 heteroatoms. The quantitative estimate of drug-likeness (QED) is 0.633. The molecule has 12 heavy (non-hydrogen) atoms. The summed E-state index contributed by atoms with van der Waals surface area (Å²) in [7, 11) is 0. The van der Waals surface area contributed by atoms with Gasteiger partial charge in [0.1, 0.15) is 5.60 Å². The number of nitrogens with zero attached hydrogens (tertiary/aromatic N) is 1. The Morgan fingerprint density at radius 1 is 1.42 bits per heavy atom. The maximum atomic E-state index is 11.5. The predicted molar refractivity (Wildman–Crippen MR) is 46.7 cm³/mol. The number of amides is 1. The van der Waals surface area contributed by atoms with Crippen molar-refractivity contribution >= 4 is 5.91 Å². The van der Waals surface area contributed by atoms with Gasteiger partial charge in [0.25, 0.3) is 5.91 Å². The number of rotatable bonds is 1. The van der Waals surface area contributed by atoms with E-state index in [4.69, 9.17) is 0 Å². The molecular formula is C9H17NO2. The van der Waals surface area contributed by atoms with Gasteiger partial charge < -0.3 is 10.0 Å². The lowest BCUT2D eigenvalue weighted by Gasteiger charge is -2.47. The van der Waals surface area contributed by atoms with E-state index in [2.05, 4.69) is 0 Å². The molecule has 0 bridgehead atoms. The summed E-state index contributed by atoms with van der Waals surface area (Å²) in [5.74, 6) is -0.159. The van der Waals surface area contributed by atoms with E-state index in [-0.39, 0.29) is 5.91 Å². The van der Waals surface area contributed by atoms with Crippen molar-refractivity contribution in [1.29, 1.82) is 0 Å². The van der Waals surface area contributed by atoms with E-state index in [1.807, 2.05) is 13.8 Å². The fourth-order valence-electron chi connectivity index (χ4n) is 1.73. The predicted octanol–water partition coefficient (Wildman–Crippen LogP) is 0.767. The Bertz CT molecular complexity index is 187. The fraction of sp³-hybridized carbons (Fsp3) is 0.889. The number of hydrogen-bond donors (Lipinski definition) is 1. The molecule has 0 radical (unpaired) electrons. The second-order valence-electron chi connectivity index (χ2n) is 4.21. The molecule has 1 heterocycles. The molecule has 1 aliphatic rings. The van der Waals surface area contributed by atoms with E-state index in [0.717, 1.165) is 6.42 Å². The van der Waals surface area contributed by atoms with Crippen LogP contribution < -0.4 is 0 Å². The van der Waals surface area contributed by atoms with Crippen LogP contribution in [-0.2, 0) is 4.79 Å². The van der Waals surface area contributed by atoms with Gasteiger partial charge >= 0.3 is 0 Å². The normalized spacial score (nSPS) is 29.9. The minimum Gasteiger partial charge on any atom is -0.381 e. The van der Waals surface area contributed by atoms with Gasteiger partial charge in [-0.1, -0.05) is 0 Å². The number of hydrogen-bond acceptors (Lipinski definition) is 2. The molecule has 0 aromatic rings. The zero-order valence-electron chi connectivity index (χ0n) is 8.16. The first-order valence-electron chi connectivity index (χ1n) is 4.39. The average Bonchev–Trinajstić information content (AvgIpc) is 1.84. The van der Waals surface area contributed by atoms with Gasteiger partial charge in [-0.25, -0.2) is 0 Å². The van der Waals surface area contributed by atoms with Crippen LogP contribution in [0, 0.1) is 0 Å². The molecule has 1 N–H and O–H groups in total. The topological polar surface area (TPSA) is 40.5 Å². The molecule has 1 aliphatic heterocycles. The summed E-state index contributed by atoms with van der Waals surface area (Å²) in [6, 6.07) is 0.581. The van der Waals surface area contributed by atoms with E-state index >= 15 is 0 Å². The van der Waals surface area contributed by atoms with Crippen molar-refractivity contribution in [3.05, 3.63) is 0 Å². The monoisotopic (exact) mass is 171 g/mol. The van der Waals surface area contributed by atoms with Crippen LogP contribution in [0.3, 0.4) is 0 Å². The molecule has 0 aromatic carbocycles. The first kappa shape index (κ1) is 9.52. The summed E-state index contributed by atoms with van der Waals surface area (Å²) < 4.78 is 0. The summed E-state index contributed by atoms with van der Waals surface area (Å²) in [4.78, 5) is 13.3. The third-order valence-electron chi connectivity index (χ3n) is 2.39. The maximum Gasteiger partial charge on any atom is 0.254 e. The SMILES string of the molecule is CC1CC(C)N1C(=O)C(C)(C)O. The van der Waals surface area contributed by atoms with Crippen molar-refractivity contribution < 1.29 is 9.90 Å². The zero-order valence-corrected chi connectivity index (χ0v) is 8.16. The first-order chi connectivity index (χ1) is 5.34. The minimum absolute atomic E-state index is 0.159. The van der Waals surface area contributed by atoms with Crippen LogP contribution in [0.1, 0.15) is 34.1 Å². The Hall–Kier alpha value is -0.570. The highest BCUT2D eigenvalue weighted by Gasteiger charge is 2.41. The second kappa shape index (κ2) is 2.73. The summed E-state index contributed by atoms with van der Waals surface area (Å²) in [5.41, 5.74) is -1.22. The Morgan fingerprint density at radius 3 is 2.00 bits per heavy atom. The lowest BCUT2D eigenvalue weighted by molar-refractivity contribution is -0.160. The molecule has 1 rings (SSSR count). The summed E-state index contributed by atoms with van der Waals surface area (Å²) >= 11 is 0. The fourth-order valence-corrected chi connectivity index (χ4v) is 1.73. The molecular weight excluding hydrogens is 154 g/mol. The molecule has 0 aromatic heterocycles. The zero-order chi connectivity index (χ0) is 9.52. The molecule has 2 atom stereocenters.